The Labute approximate surface area is 148 Å². The van der Waals surface area contributed by atoms with Gasteiger partial charge >= 0.3 is 0 Å². The second-order valence-electron chi connectivity index (χ2n) is 5.71. The number of phenols is 6. The SMILES string of the molecule is O=C(CCCCC(=O)c1ccc(O)c(O)c1O)c1ccc(O)c(O)c1O. The van der Waals surface area contributed by atoms with Crippen LogP contribution in [0.25, 0.3) is 0 Å². The number of phenolic OH excluding ortho intramolecular Hbond substituents is 6. The summed E-state index contributed by atoms with van der Waals surface area (Å²) in [6, 6.07) is 4.56. The number of Topliss-reactive ketones (excluding diaryl/α,β-unsaturated/α-hetero) is 2. The maximum Gasteiger partial charge on any atom is 0.201 e. The summed E-state index contributed by atoms with van der Waals surface area (Å²) in [5.41, 5.74) is -0.263. The van der Waals surface area contributed by atoms with Crippen LogP contribution in [0.2, 0.25) is 0 Å². The lowest BCUT2D eigenvalue weighted by Crippen LogP contribution is -2.02. The van der Waals surface area contributed by atoms with Crippen molar-refractivity contribution in [2.45, 2.75) is 25.7 Å². The Morgan fingerprint density at radius 1 is 0.577 bits per heavy atom. The Bertz CT molecular complexity index is 785. The number of aromatic hydroxyl groups is 6. The van der Waals surface area contributed by atoms with Crippen LogP contribution in [0.1, 0.15) is 46.4 Å². The molecule has 0 radical (unpaired) electrons. The van der Waals surface area contributed by atoms with E-state index in [0.717, 1.165) is 12.1 Å². The van der Waals surface area contributed by atoms with E-state index in [1.165, 1.54) is 12.1 Å². The minimum Gasteiger partial charge on any atom is -0.504 e. The smallest absolute Gasteiger partial charge is 0.201 e. The molecule has 0 aromatic heterocycles. The molecule has 0 aliphatic carbocycles. The molecule has 0 fully saturated rings. The minimum absolute atomic E-state index is 0.00212. The highest BCUT2D eigenvalue weighted by atomic mass is 16.3. The number of hydrogen-bond donors (Lipinski definition) is 6. The number of hydrogen-bond acceptors (Lipinski definition) is 8. The molecule has 0 spiro atoms. The zero-order valence-electron chi connectivity index (χ0n) is 13.6. The van der Waals surface area contributed by atoms with Gasteiger partial charge in [-0.1, -0.05) is 0 Å². The second kappa shape index (κ2) is 7.64. The van der Waals surface area contributed by atoms with Gasteiger partial charge in [0, 0.05) is 12.8 Å². The Hall–Kier alpha value is -3.42. The molecule has 138 valence electrons. The molecule has 6 N–H and O–H groups in total. The Kier molecular flexibility index (Phi) is 5.56. The summed E-state index contributed by atoms with van der Waals surface area (Å²) in [4.78, 5) is 24.1. The van der Waals surface area contributed by atoms with Crippen LogP contribution in [-0.4, -0.2) is 42.2 Å². The summed E-state index contributed by atoms with van der Waals surface area (Å²) in [6.07, 6.45) is 0.600. The first-order chi connectivity index (χ1) is 12.2. The van der Waals surface area contributed by atoms with Crippen LogP contribution in [0.5, 0.6) is 34.5 Å². The molecule has 0 heterocycles. The van der Waals surface area contributed by atoms with Crippen LogP contribution >= 0.6 is 0 Å². The first-order valence-corrected chi connectivity index (χ1v) is 7.78. The monoisotopic (exact) mass is 362 g/mol. The van der Waals surface area contributed by atoms with Crippen LogP contribution in [-0.2, 0) is 0 Å². The van der Waals surface area contributed by atoms with Gasteiger partial charge in [0.1, 0.15) is 0 Å². The van der Waals surface area contributed by atoms with Crippen LogP contribution in [0.15, 0.2) is 24.3 Å². The van der Waals surface area contributed by atoms with Crippen molar-refractivity contribution in [3.8, 4) is 34.5 Å². The van der Waals surface area contributed by atoms with Crippen molar-refractivity contribution >= 4 is 11.6 Å². The van der Waals surface area contributed by atoms with Crippen LogP contribution in [0, 0.1) is 0 Å². The summed E-state index contributed by atoms with van der Waals surface area (Å²) < 4.78 is 0. The molecule has 0 saturated heterocycles. The standard InChI is InChI=1S/C18H18O8/c19-11(9-5-7-13(21)17(25)15(9)23)3-1-2-4-12(20)10-6-8-14(22)18(26)16(10)24/h5-8,21-26H,1-4H2. The van der Waals surface area contributed by atoms with Crippen LogP contribution < -0.4 is 0 Å². The molecule has 0 unspecified atom stereocenters. The molecule has 8 nitrogen and oxygen atoms in total. The van der Waals surface area contributed by atoms with Crippen molar-refractivity contribution < 1.29 is 40.2 Å². The van der Waals surface area contributed by atoms with Gasteiger partial charge in [-0.15, -0.1) is 0 Å². The van der Waals surface area contributed by atoms with Crippen molar-refractivity contribution in [1.29, 1.82) is 0 Å². The number of benzene rings is 2. The molecule has 0 saturated carbocycles. The van der Waals surface area contributed by atoms with E-state index < -0.39 is 46.1 Å². The zero-order chi connectivity index (χ0) is 19.4. The van der Waals surface area contributed by atoms with Gasteiger partial charge in [0.25, 0.3) is 0 Å². The molecule has 0 aliphatic heterocycles. The summed E-state index contributed by atoms with van der Waals surface area (Å²) >= 11 is 0. The molecule has 0 bridgehead atoms. The molecule has 0 aliphatic rings. The summed E-state index contributed by atoms with van der Waals surface area (Å²) in [5, 5.41) is 56.6. The number of rotatable bonds is 7. The van der Waals surface area contributed by atoms with E-state index in [2.05, 4.69) is 0 Å². The van der Waals surface area contributed by atoms with Gasteiger partial charge < -0.3 is 30.6 Å². The number of carbonyl (C=O) groups is 2. The first kappa shape index (κ1) is 18.9. The topological polar surface area (TPSA) is 156 Å². The third-order valence-electron chi connectivity index (χ3n) is 3.92. The largest absolute Gasteiger partial charge is 0.504 e. The third kappa shape index (κ3) is 3.80. The van der Waals surface area contributed by atoms with Crippen LogP contribution in [0.4, 0.5) is 0 Å². The van der Waals surface area contributed by atoms with Gasteiger partial charge in [-0.2, -0.15) is 0 Å². The summed E-state index contributed by atoms with van der Waals surface area (Å²) in [6.45, 7) is 0. The van der Waals surface area contributed by atoms with Gasteiger partial charge in [-0.25, -0.2) is 0 Å². The van der Waals surface area contributed by atoms with Gasteiger partial charge in [0.2, 0.25) is 11.5 Å². The highest BCUT2D eigenvalue weighted by molar-refractivity contribution is 6.00. The molecular weight excluding hydrogens is 344 g/mol. The van der Waals surface area contributed by atoms with Crippen molar-refractivity contribution in [2.24, 2.45) is 0 Å². The molecule has 0 atom stereocenters. The van der Waals surface area contributed by atoms with Crippen LogP contribution in [0.3, 0.4) is 0 Å². The second-order valence-corrected chi connectivity index (χ2v) is 5.71. The summed E-state index contributed by atoms with van der Waals surface area (Å²) in [7, 11) is 0. The fourth-order valence-electron chi connectivity index (χ4n) is 2.43. The Balaban J connectivity index is 1.91. The number of ketones is 2. The fourth-order valence-corrected chi connectivity index (χ4v) is 2.43. The molecular formula is C18H18O8. The Morgan fingerprint density at radius 2 is 0.923 bits per heavy atom. The average molecular weight is 362 g/mol. The van der Waals surface area contributed by atoms with E-state index in [4.69, 9.17) is 0 Å². The highest BCUT2D eigenvalue weighted by Crippen LogP contribution is 2.38. The van der Waals surface area contributed by atoms with E-state index in [1.807, 2.05) is 0 Å². The van der Waals surface area contributed by atoms with E-state index in [1.54, 1.807) is 0 Å². The van der Waals surface area contributed by atoms with E-state index in [9.17, 15) is 40.2 Å². The van der Waals surface area contributed by atoms with Crippen molar-refractivity contribution in [3.63, 3.8) is 0 Å². The average Bonchev–Trinajstić information content (AvgIpc) is 2.61. The van der Waals surface area contributed by atoms with E-state index >= 15 is 0 Å². The van der Waals surface area contributed by atoms with Gasteiger partial charge in [0.15, 0.2) is 34.6 Å². The molecule has 0 amide bonds. The normalized spacial score (nSPS) is 10.6. The molecule has 2 aromatic rings. The Morgan fingerprint density at radius 3 is 1.27 bits per heavy atom. The van der Waals surface area contributed by atoms with Crippen molar-refractivity contribution in [1.82, 2.24) is 0 Å². The molecule has 8 heteroatoms. The molecule has 2 rings (SSSR count). The lowest BCUT2D eigenvalue weighted by Gasteiger charge is -2.08. The zero-order valence-corrected chi connectivity index (χ0v) is 13.6. The highest BCUT2D eigenvalue weighted by Gasteiger charge is 2.19. The molecule has 26 heavy (non-hydrogen) atoms. The number of unbranched alkanes of at least 4 members (excludes halogenated alkanes) is 1. The fraction of sp³-hybridized carbons (Fsp3) is 0.222. The lowest BCUT2D eigenvalue weighted by atomic mass is 10.00. The van der Waals surface area contributed by atoms with Gasteiger partial charge in [-0.05, 0) is 37.1 Å². The van der Waals surface area contributed by atoms with E-state index in [0.29, 0.717) is 12.8 Å². The van der Waals surface area contributed by atoms with Crippen molar-refractivity contribution in [3.05, 3.63) is 35.4 Å². The number of carbonyl (C=O) groups excluding carboxylic acids is 2. The molecule has 2 aromatic carbocycles. The quantitative estimate of drug-likeness (QED) is 0.249. The predicted octanol–water partition coefficient (Wildman–Crippen LogP) is 2.55. The first-order valence-electron chi connectivity index (χ1n) is 7.78. The van der Waals surface area contributed by atoms with Gasteiger partial charge in [0.05, 0.1) is 11.1 Å². The lowest BCUT2D eigenvalue weighted by molar-refractivity contribution is 0.0951. The van der Waals surface area contributed by atoms with Crippen molar-refractivity contribution in [2.75, 3.05) is 0 Å². The maximum absolute atomic E-state index is 12.0. The minimum atomic E-state index is -0.770. The predicted molar refractivity (Wildman–Crippen MR) is 90.0 cm³/mol. The van der Waals surface area contributed by atoms with Gasteiger partial charge in [-0.3, -0.25) is 9.59 Å². The maximum atomic E-state index is 12.0. The third-order valence-corrected chi connectivity index (χ3v) is 3.92. The summed E-state index contributed by atoms with van der Waals surface area (Å²) in [5.74, 6) is -4.94. The van der Waals surface area contributed by atoms with E-state index in [-0.39, 0.29) is 24.0 Å².